The van der Waals surface area contributed by atoms with Crippen LogP contribution in [0.5, 0.6) is 5.75 Å². The summed E-state index contributed by atoms with van der Waals surface area (Å²) in [6.45, 7) is 3.89. The van der Waals surface area contributed by atoms with Crippen LogP contribution in [0.4, 0.5) is 4.39 Å². The number of ether oxygens (including phenoxy) is 2. The zero-order valence-corrected chi connectivity index (χ0v) is 21.8. The number of guanidine groups is 1. The first-order valence-electron chi connectivity index (χ1n) is 10.6. The molecule has 1 fully saturated rings. The Morgan fingerprint density at radius 3 is 2.64 bits per heavy atom. The van der Waals surface area contributed by atoms with E-state index in [0.717, 1.165) is 17.1 Å². The van der Waals surface area contributed by atoms with Gasteiger partial charge in [-0.05, 0) is 42.3 Å². The van der Waals surface area contributed by atoms with Gasteiger partial charge in [0, 0.05) is 34.2 Å². The van der Waals surface area contributed by atoms with Gasteiger partial charge in [-0.15, -0.1) is 24.0 Å². The highest BCUT2D eigenvalue weighted by molar-refractivity contribution is 14.0. The molecule has 0 radical (unpaired) electrons. The second-order valence-corrected chi connectivity index (χ2v) is 8.02. The quantitative estimate of drug-likeness (QED) is 0.328. The number of carbonyl (C=O) groups excluding carboxylic acids is 1. The summed E-state index contributed by atoms with van der Waals surface area (Å²) in [5.74, 6) is 1.06. The van der Waals surface area contributed by atoms with Gasteiger partial charge in [-0.3, -0.25) is 9.79 Å². The lowest BCUT2D eigenvalue weighted by molar-refractivity contribution is -0.130. The SMILES string of the molecule is CN=C(NCc1cccc(OCC(=O)N(C)C)c1)N1CC(C)OC(c2ccc(F)cc2)C1.I. The molecule has 0 saturated carbocycles. The third-order valence-electron chi connectivity index (χ3n) is 5.22. The number of aliphatic imine (C=N–C) groups is 1. The molecule has 1 aliphatic heterocycles. The molecule has 0 bridgehead atoms. The van der Waals surface area contributed by atoms with Crippen LogP contribution in [0, 0.1) is 5.82 Å². The van der Waals surface area contributed by atoms with Gasteiger partial charge in [-0.2, -0.15) is 0 Å². The number of hydrogen-bond donors (Lipinski definition) is 1. The number of amides is 1. The number of nitrogens with zero attached hydrogens (tertiary/aromatic N) is 3. The molecule has 33 heavy (non-hydrogen) atoms. The van der Waals surface area contributed by atoms with Crippen molar-refractivity contribution in [3.05, 3.63) is 65.5 Å². The number of nitrogens with one attached hydrogen (secondary N) is 1. The van der Waals surface area contributed by atoms with Crippen molar-refractivity contribution in [2.24, 2.45) is 4.99 Å². The number of likely N-dealkylation sites (N-methyl/N-ethyl adjacent to an activating group) is 1. The summed E-state index contributed by atoms with van der Waals surface area (Å²) in [6.07, 6.45) is -0.160. The third kappa shape index (κ3) is 7.85. The van der Waals surface area contributed by atoms with Crippen molar-refractivity contribution in [2.75, 3.05) is 40.8 Å². The van der Waals surface area contributed by atoms with Crippen LogP contribution in [-0.4, -0.2) is 68.6 Å². The van der Waals surface area contributed by atoms with Crippen LogP contribution in [0.25, 0.3) is 0 Å². The average molecular weight is 570 g/mol. The highest BCUT2D eigenvalue weighted by Crippen LogP contribution is 2.25. The van der Waals surface area contributed by atoms with Gasteiger partial charge in [-0.1, -0.05) is 24.3 Å². The van der Waals surface area contributed by atoms with Gasteiger partial charge < -0.3 is 24.6 Å². The van der Waals surface area contributed by atoms with E-state index in [9.17, 15) is 9.18 Å². The van der Waals surface area contributed by atoms with Crippen LogP contribution in [0.15, 0.2) is 53.5 Å². The van der Waals surface area contributed by atoms with Gasteiger partial charge in [0.15, 0.2) is 12.6 Å². The first kappa shape index (κ1) is 26.8. The molecule has 1 heterocycles. The maximum atomic E-state index is 13.3. The minimum absolute atomic E-state index is 0. The van der Waals surface area contributed by atoms with E-state index in [2.05, 4.69) is 15.2 Å². The monoisotopic (exact) mass is 570 g/mol. The molecule has 180 valence electrons. The number of benzene rings is 2. The molecule has 1 aliphatic rings. The molecule has 2 atom stereocenters. The molecule has 7 nitrogen and oxygen atoms in total. The van der Waals surface area contributed by atoms with Crippen LogP contribution in [0.1, 0.15) is 24.2 Å². The summed E-state index contributed by atoms with van der Waals surface area (Å²) >= 11 is 0. The van der Waals surface area contributed by atoms with Crippen LogP contribution < -0.4 is 10.1 Å². The van der Waals surface area contributed by atoms with Gasteiger partial charge in [-0.25, -0.2) is 4.39 Å². The summed E-state index contributed by atoms with van der Waals surface area (Å²) in [5, 5.41) is 3.40. The van der Waals surface area contributed by atoms with Crippen molar-refractivity contribution < 1.29 is 18.7 Å². The molecule has 0 spiro atoms. The molecule has 1 N–H and O–H groups in total. The molecule has 2 aromatic rings. The van der Waals surface area contributed by atoms with Crippen LogP contribution in [-0.2, 0) is 16.1 Å². The zero-order chi connectivity index (χ0) is 23.1. The van der Waals surface area contributed by atoms with Crippen molar-refractivity contribution in [3.8, 4) is 5.75 Å². The molecule has 0 aliphatic carbocycles. The van der Waals surface area contributed by atoms with E-state index in [1.54, 1.807) is 33.3 Å². The molecular weight excluding hydrogens is 538 g/mol. The number of carbonyl (C=O) groups is 1. The van der Waals surface area contributed by atoms with Crippen molar-refractivity contribution in [2.45, 2.75) is 25.7 Å². The maximum absolute atomic E-state index is 13.3. The van der Waals surface area contributed by atoms with Gasteiger partial charge in [0.05, 0.1) is 12.6 Å². The number of halogens is 2. The smallest absolute Gasteiger partial charge is 0.259 e. The lowest BCUT2D eigenvalue weighted by Crippen LogP contribution is -2.50. The van der Waals surface area contributed by atoms with Gasteiger partial charge in [0.1, 0.15) is 17.7 Å². The minimum Gasteiger partial charge on any atom is -0.484 e. The normalized spacial score (nSPS) is 18.3. The molecule has 3 rings (SSSR count). The van der Waals surface area contributed by atoms with Crippen molar-refractivity contribution >= 4 is 35.8 Å². The Morgan fingerprint density at radius 2 is 1.97 bits per heavy atom. The first-order valence-corrected chi connectivity index (χ1v) is 10.6. The highest BCUT2D eigenvalue weighted by atomic mass is 127. The van der Waals surface area contributed by atoms with E-state index < -0.39 is 0 Å². The second-order valence-electron chi connectivity index (χ2n) is 8.02. The van der Waals surface area contributed by atoms with Crippen molar-refractivity contribution in [3.63, 3.8) is 0 Å². The lowest BCUT2D eigenvalue weighted by atomic mass is 10.1. The summed E-state index contributed by atoms with van der Waals surface area (Å²) < 4.78 is 25.0. The van der Waals surface area contributed by atoms with Crippen LogP contribution in [0.3, 0.4) is 0 Å². The standard InChI is InChI=1S/C24H31FN4O3.HI/c1-17-14-29(15-22(32-17)19-8-10-20(25)11-9-19)24(26-2)27-13-18-6-5-7-21(12-18)31-16-23(30)28(3)4;/h5-12,17,22H,13-16H2,1-4H3,(H,26,27);1H. The molecule has 1 saturated heterocycles. The molecular formula is C24H32FIN4O3. The van der Waals surface area contributed by atoms with E-state index in [1.807, 2.05) is 31.2 Å². The predicted molar refractivity (Wildman–Crippen MR) is 138 cm³/mol. The topological polar surface area (TPSA) is 66.4 Å². The number of morpholine rings is 1. The second kappa shape index (κ2) is 12.7. The fourth-order valence-electron chi connectivity index (χ4n) is 3.52. The third-order valence-corrected chi connectivity index (χ3v) is 5.22. The zero-order valence-electron chi connectivity index (χ0n) is 19.5. The maximum Gasteiger partial charge on any atom is 0.259 e. The Labute approximate surface area is 212 Å². The van der Waals surface area contributed by atoms with E-state index in [4.69, 9.17) is 9.47 Å². The summed E-state index contributed by atoms with van der Waals surface area (Å²) in [6, 6.07) is 14.1. The van der Waals surface area contributed by atoms with Gasteiger partial charge in [0.25, 0.3) is 5.91 Å². The first-order chi connectivity index (χ1) is 15.4. The van der Waals surface area contributed by atoms with Crippen molar-refractivity contribution in [1.82, 2.24) is 15.1 Å². The van der Waals surface area contributed by atoms with E-state index >= 15 is 0 Å². The Bertz CT molecular complexity index is 940. The van der Waals surface area contributed by atoms with E-state index in [-0.39, 0.29) is 54.5 Å². The Balaban J connectivity index is 0.00000385. The predicted octanol–water partition coefficient (Wildman–Crippen LogP) is 3.45. The number of hydrogen-bond acceptors (Lipinski definition) is 4. The fourth-order valence-corrected chi connectivity index (χ4v) is 3.52. The van der Waals surface area contributed by atoms with Gasteiger partial charge >= 0.3 is 0 Å². The van der Waals surface area contributed by atoms with Gasteiger partial charge in [0.2, 0.25) is 0 Å². The van der Waals surface area contributed by atoms with Crippen LogP contribution in [0.2, 0.25) is 0 Å². The van der Waals surface area contributed by atoms with Crippen LogP contribution >= 0.6 is 24.0 Å². The fraction of sp³-hybridized carbons (Fsp3) is 0.417. The average Bonchev–Trinajstić information content (AvgIpc) is 2.78. The summed E-state index contributed by atoms with van der Waals surface area (Å²) in [4.78, 5) is 19.8. The number of rotatable bonds is 6. The summed E-state index contributed by atoms with van der Waals surface area (Å²) in [7, 11) is 5.15. The minimum atomic E-state index is -0.260. The van der Waals surface area contributed by atoms with E-state index in [1.165, 1.54) is 17.0 Å². The Kier molecular flexibility index (Phi) is 10.4. The highest BCUT2D eigenvalue weighted by Gasteiger charge is 2.28. The lowest BCUT2D eigenvalue weighted by Gasteiger charge is -2.38. The Morgan fingerprint density at radius 1 is 1.24 bits per heavy atom. The molecule has 1 amide bonds. The molecule has 2 aromatic carbocycles. The molecule has 0 aromatic heterocycles. The van der Waals surface area contributed by atoms with Crippen molar-refractivity contribution in [1.29, 1.82) is 0 Å². The Hall–Kier alpha value is -2.40. The molecule has 2 unspecified atom stereocenters. The summed E-state index contributed by atoms with van der Waals surface area (Å²) in [5.41, 5.74) is 1.95. The van der Waals surface area contributed by atoms with E-state index in [0.29, 0.717) is 25.4 Å². The molecule has 9 heteroatoms. The largest absolute Gasteiger partial charge is 0.484 e.